The number of hydrogen-bond acceptors (Lipinski definition) is 4. The van der Waals surface area contributed by atoms with Gasteiger partial charge >= 0.3 is 0 Å². The second-order valence-corrected chi connectivity index (χ2v) is 22.5. The van der Waals surface area contributed by atoms with E-state index in [0.717, 1.165) is 45.6 Å². The van der Waals surface area contributed by atoms with Crippen molar-refractivity contribution in [2.75, 3.05) is 0 Å². The smallest absolute Gasteiger partial charge is 0.0702 e. The molecule has 0 N–H and O–H groups in total. The number of aliphatic imine (C=N–C) groups is 4. The first-order chi connectivity index (χ1) is 34.9. The summed E-state index contributed by atoms with van der Waals surface area (Å²) in [6, 6.07) is 46.8. The van der Waals surface area contributed by atoms with Gasteiger partial charge in [0.15, 0.2) is 0 Å². The number of aryl methyl sites for hydroxylation is 2. The molecule has 0 spiro atoms. The number of para-hydroxylation sites is 4. The molecule has 0 amide bonds. The Kier molecular flexibility index (Phi) is 30.9. The fraction of sp³-hybridized carbons (Fsp3) is 0.429. The first-order valence-electron chi connectivity index (χ1n) is 27.6. The van der Waals surface area contributed by atoms with Gasteiger partial charge in [0.25, 0.3) is 0 Å². The summed E-state index contributed by atoms with van der Waals surface area (Å²) in [5, 5.41) is 0. The summed E-state index contributed by atoms with van der Waals surface area (Å²) in [6.07, 6.45) is 0. The van der Waals surface area contributed by atoms with E-state index in [0.29, 0.717) is 47.3 Å². The molecule has 414 valence electrons. The van der Waals surface area contributed by atoms with E-state index in [2.05, 4.69) is 249 Å². The average Bonchev–Trinajstić information content (AvgIpc) is 3.34. The number of benzene rings is 6. The summed E-state index contributed by atoms with van der Waals surface area (Å²) in [5.74, 6) is 3.46. The molecule has 0 saturated carbocycles. The Morgan fingerprint density at radius 1 is 0.237 bits per heavy atom. The van der Waals surface area contributed by atoms with Crippen LogP contribution in [0.1, 0.15) is 241 Å². The third-order valence-electron chi connectivity index (χ3n) is 13.4. The Labute approximate surface area is 484 Å². The van der Waals surface area contributed by atoms with Gasteiger partial charge in [0.1, 0.15) is 0 Å². The monoisotopic (exact) mass is 1110 g/mol. The summed E-state index contributed by atoms with van der Waals surface area (Å²) < 4.78 is 0. The maximum atomic E-state index is 5.13. The van der Waals surface area contributed by atoms with Gasteiger partial charge in [-0.25, -0.2) is 0 Å². The van der Waals surface area contributed by atoms with Crippen LogP contribution in [0, 0.1) is 13.8 Å². The van der Waals surface area contributed by atoms with Gasteiger partial charge in [0.05, 0.1) is 45.6 Å². The molecule has 4 nitrogen and oxygen atoms in total. The molecule has 6 heteroatoms. The zero-order valence-corrected chi connectivity index (χ0v) is 52.9. The molecule has 0 fully saturated rings. The van der Waals surface area contributed by atoms with Crippen molar-refractivity contribution < 1.29 is 33.6 Å². The average molecular weight is 1110 g/mol. The fourth-order valence-corrected chi connectivity index (χ4v) is 8.63. The summed E-state index contributed by atoms with van der Waals surface area (Å²) in [5.41, 5.74) is 21.5. The van der Waals surface area contributed by atoms with Crippen molar-refractivity contribution in [2.45, 2.75) is 200 Å². The summed E-state index contributed by atoms with van der Waals surface area (Å²) >= 11 is 0. The third-order valence-corrected chi connectivity index (χ3v) is 13.4. The molecule has 0 saturated heterocycles. The van der Waals surface area contributed by atoms with Crippen molar-refractivity contribution in [3.63, 3.8) is 0 Å². The van der Waals surface area contributed by atoms with Gasteiger partial charge in [-0.15, -0.1) is 0 Å². The molecular formula is C70H96Co2N4. The number of hydrogen-bond donors (Lipinski definition) is 0. The Morgan fingerprint density at radius 2 is 0.382 bits per heavy atom. The molecule has 0 aliphatic carbocycles. The van der Waals surface area contributed by atoms with E-state index in [-0.39, 0.29) is 33.6 Å². The van der Waals surface area contributed by atoms with Crippen LogP contribution in [0.3, 0.4) is 0 Å². The van der Waals surface area contributed by atoms with Crippen LogP contribution in [-0.2, 0) is 33.6 Å². The maximum absolute atomic E-state index is 5.13. The van der Waals surface area contributed by atoms with Crippen LogP contribution in [0.4, 0.5) is 22.7 Å². The molecule has 6 rings (SSSR count). The van der Waals surface area contributed by atoms with E-state index >= 15 is 0 Å². The van der Waals surface area contributed by atoms with Crippen LogP contribution in [0.5, 0.6) is 0 Å². The molecule has 0 unspecified atom stereocenters. The Balaban J connectivity index is 0.000000589. The zero-order chi connectivity index (χ0) is 55.4. The van der Waals surface area contributed by atoms with Crippen LogP contribution >= 0.6 is 0 Å². The van der Waals surface area contributed by atoms with E-state index < -0.39 is 0 Å². The molecule has 0 aliphatic rings. The SMILES string of the molecule is CC(=Nc1c(C(C)C)cccc1C(C)C)C(C)=Nc1c(C(C)C)cccc1C(C)C.CC(=Nc1c(C(C)C)cccc1C(C)C)C(C)=Nc1c(C(C)C)cccc1C(C)C.Cc1ccccc1.Cc1ccccc1.[Co].[Co]. The maximum Gasteiger partial charge on any atom is 0.0702 e. The van der Waals surface area contributed by atoms with Crippen LogP contribution in [-0.4, -0.2) is 22.8 Å². The first-order valence-corrected chi connectivity index (χ1v) is 27.6. The molecule has 76 heavy (non-hydrogen) atoms. The minimum absolute atomic E-state index is 0. The molecule has 0 heterocycles. The van der Waals surface area contributed by atoms with Crippen LogP contribution in [0.2, 0.25) is 0 Å². The quantitative estimate of drug-likeness (QED) is 0.0976. The van der Waals surface area contributed by atoms with E-state index in [1.807, 2.05) is 36.4 Å². The molecule has 0 atom stereocenters. The molecule has 6 aromatic carbocycles. The van der Waals surface area contributed by atoms with Gasteiger partial charge in [0.2, 0.25) is 0 Å². The molecule has 0 aromatic heterocycles. The van der Waals surface area contributed by atoms with Gasteiger partial charge in [-0.05, 0) is 133 Å². The van der Waals surface area contributed by atoms with Crippen molar-refractivity contribution in [2.24, 2.45) is 20.0 Å². The molecule has 0 bridgehead atoms. The van der Waals surface area contributed by atoms with Crippen LogP contribution < -0.4 is 0 Å². The largest absolute Gasteiger partial charge is 0.251 e. The summed E-state index contributed by atoms with van der Waals surface area (Å²) in [7, 11) is 0. The van der Waals surface area contributed by atoms with E-state index in [1.165, 1.54) is 55.6 Å². The van der Waals surface area contributed by atoms with Gasteiger partial charge in [-0.3, -0.25) is 20.0 Å². The van der Waals surface area contributed by atoms with E-state index in [9.17, 15) is 0 Å². The predicted octanol–water partition coefficient (Wildman–Crippen LogP) is 22.1. The Hall–Kier alpha value is -4.99. The van der Waals surface area contributed by atoms with E-state index in [4.69, 9.17) is 20.0 Å². The van der Waals surface area contributed by atoms with Crippen molar-refractivity contribution in [3.05, 3.63) is 189 Å². The molecule has 2 radical (unpaired) electrons. The number of rotatable bonds is 14. The fourth-order valence-electron chi connectivity index (χ4n) is 8.63. The van der Waals surface area contributed by atoms with Crippen molar-refractivity contribution in [1.29, 1.82) is 0 Å². The normalized spacial score (nSPS) is 12.1. The topological polar surface area (TPSA) is 49.4 Å². The Morgan fingerprint density at radius 3 is 0.487 bits per heavy atom. The summed E-state index contributed by atoms with van der Waals surface area (Å²) in [6.45, 7) is 48.3. The third kappa shape index (κ3) is 21.1. The minimum Gasteiger partial charge on any atom is -0.251 e. The van der Waals surface area contributed by atoms with Gasteiger partial charge in [-0.1, -0.05) is 255 Å². The summed E-state index contributed by atoms with van der Waals surface area (Å²) in [4.78, 5) is 20.5. The molecule has 0 aliphatic heterocycles. The van der Waals surface area contributed by atoms with Gasteiger partial charge in [0, 0.05) is 33.6 Å². The Bertz CT molecular complexity index is 2340. The van der Waals surface area contributed by atoms with Crippen molar-refractivity contribution >= 4 is 45.6 Å². The standard InChI is InChI=1S/2C28H40N2.2C7H8.2Co/c2*1-17(2)23-13-11-14-24(18(3)4)27(23)29-21(9)22(10)30-28-25(19(5)6)15-12-16-26(28)20(7)8;2*1-7-5-3-2-4-6-7;;/h2*11-20H,1-10H3;2*2-6H,1H3;;. The van der Waals surface area contributed by atoms with Crippen LogP contribution in [0.15, 0.2) is 153 Å². The number of nitrogens with zero attached hydrogens (tertiary/aromatic N) is 4. The van der Waals surface area contributed by atoms with Gasteiger partial charge < -0.3 is 0 Å². The zero-order valence-electron chi connectivity index (χ0n) is 50.8. The molecule has 6 aromatic rings. The predicted molar refractivity (Wildman–Crippen MR) is 332 cm³/mol. The van der Waals surface area contributed by atoms with Crippen molar-refractivity contribution in [3.8, 4) is 0 Å². The minimum atomic E-state index is 0. The van der Waals surface area contributed by atoms with Crippen molar-refractivity contribution in [1.82, 2.24) is 0 Å². The van der Waals surface area contributed by atoms with Gasteiger partial charge in [-0.2, -0.15) is 0 Å². The second-order valence-electron chi connectivity index (χ2n) is 22.5. The second kappa shape index (κ2) is 34.0. The van der Waals surface area contributed by atoms with E-state index in [1.54, 1.807) is 0 Å². The first kappa shape index (κ1) is 69.0. The van der Waals surface area contributed by atoms with Crippen LogP contribution in [0.25, 0.3) is 0 Å². The molecular weight excluding hydrogens is 1010 g/mol.